The normalized spacial score (nSPS) is 11.5. The van der Waals surface area contributed by atoms with E-state index in [9.17, 15) is 0 Å². The van der Waals surface area contributed by atoms with Gasteiger partial charge in [-0.25, -0.2) is 0 Å². The Labute approximate surface area is 114 Å². The molecule has 0 radical (unpaired) electrons. The van der Waals surface area contributed by atoms with E-state index < -0.39 is 0 Å². The van der Waals surface area contributed by atoms with Crippen LogP contribution in [0.25, 0.3) is 0 Å². The monoisotopic (exact) mass is 294 g/mol. The molecule has 1 rings (SSSR count). The lowest BCUT2D eigenvalue weighted by Crippen LogP contribution is -1.94. The second-order valence-corrected chi connectivity index (χ2v) is 5.70. The molecule has 1 heteroatoms. The predicted molar refractivity (Wildman–Crippen MR) is 80.9 cm³/mol. The lowest BCUT2D eigenvalue weighted by molar-refractivity contribution is 0.647. The lowest BCUT2D eigenvalue weighted by Gasteiger charge is -2.05. The lowest BCUT2D eigenvalue weighted by atomic mass is 10.0. The minimum Gasteiger partial charge on any atom is -0.0925 e. The smallest absolute Gasteiger partial charge is 0.00659 e. The summed E-state index contributed by atoms with van der Waals surface area (Å²) in [5.41, 5.74) is 2.90. The first-order valence-corrected chi connectivity index (χ1v) is 7.63. The Morgan fingerprint density at radius 2 is 1.59 bits per heavy atom. The van der Waals surface area contributed by atoms with Crippen molar-refractivity contribution >= 4 is 15.9 Å². The molecule has 0 aliphatic rings. The largest absolute Gasteiger partial charge is 0.0925 e. The molecule has 17 heavy (non-hydrogen) atoms. The highest BCUT2D eigenvalue weighted by Crippen LogP contribution is 2.11. The highest BCUT2D eigenvalue weighted by atomic mass is 79.9. The highest BCUT2D eigenvalue weighted by Gasteiger charge is 1.97. The van der Waals surface area contributed by atoms with Crippen LogP contribution in [-0.4, -0.2) is 5.33 Å². The Morgan fingerprint density at radius 1 is 1.00 bits per heavy atom. The molecule has 0 saturated carbocycles. The maximum Gasteiger partial charge on any atom is 0.00659 e. The van der Waals surface area contributed by atoms with E-state index in [1.54, 1.807) is 0 Å². The van der Waals surface area contributed by atoms with Crippen molar-refractivity contribution in [3.05, 3.63) is 47.5 Å². The zero-order chi connectivity index (χ0) is 12.5. The van der Waals surface area contributed by atoms with E-state index in [2.05, 4.69) is 66.2 Å². The van der Waals surface area contributed by atoms with Crippen molar-refractivity contribution in [2.24, 2.45) is 5.92 Å². The van der Waals surface area contributed by atoms with Gasteiger partial charge in [0.15, 0.2) is 0 Å². The van der Waals surface area contributed by atoms with Gasteiger partial charge in [0, 0.05) is 5.33 Å². The van der Waals surface area contributed by atoms with Crippen LogP contribution in [0.1, 0.15) is 37.8 Å². The van der Waals surface area contributed by atoms with Crippen LogP contribution < -0.4 is 0 Å². The number of benzene rings is 1. The first-order chi connectivity index (χ1) is 8.22. The molecular weight excluding hydrogens is 272 g/mol. The number of halogens is 1. The summed E-state index contributed by atoms with van der Waals surface area (Å²) in [5.74, 6) is 0.744. The first kappa shape index (κ1) is 14.5. The van der Waals surface area contributed by atoms with E-state index in [4.69, 9.17) is 0 Å². The molecule has 0 aromatic heterocycles. The van der Waals surface area contributed by atoms with Gasteiger partial charge in [0.1, 0.15) is 0 Å². The molecule has 0 aliphatic carbocycles. The second kappa shape index (κ2) is 8.52. The zero-order valence-corrected chi connectivity index (χ0v) is 12.5. The summed E-state index contributed by atoms with van der Waals surface area (Å²) in [5, 5.41) is 1.06. The summed E-state index contributed by atoms with van der Waals surface area (Å²) in [6.07, 6.45) is 9.15. The molecule has 0 spiro atoms. The third-order valence-corrected chi connectivity index (χ3v) is 3.17. The molecule has 0 unspecified atom stereocenters. The Bertz CT molecular complexity index is 322. The van der Waals surface area contributed by atoms with Gasteiger partial charge < -0.3 is 0 Å². The van der Waals surface area contributed by atoms with Crippen LogP contribution in [0.4, 0.5) is 0 Å². The minimum absolute atomic E-state index is 0.744. The van der Waals surface area contributed by atoms with Crippen LogP contribution in [0.3, 0.4) is 0 Å². The van der Waals surface area contributed by atoms with Gasteiger partial charge in [0.05, 0.1) is 0 Å². The zero-order valence-electron chi connectivity index (χ0n) is 11.0. The molecule has 0 fully saturated rings. The van der Waals surface area contributed by atoms with Gasteiger partial charge in [-0.3, -0.25) is 0 Å². The molecule has 0 nitrogen and oxygen atoms in total. The molecular formula is C16H23Br. The van der Waals surface area contributed by atoms with Gasteiger partial charge in [0.2, 0.25) is 0 Å². The van der Waals surface area contributed by atoms with Crippen molar-refractivity contribution in [2.45, 2.75) is 39.5 Å². The van der Waals surface area contributed by atoms with Gasteiger partial charge in [-0.05, 0) is 42.7 Å². The van der Waals surface area contributed by atoms with E-state index >= 15 is 0 Å². The summed E-state index contributed by atoms with van der Waals surface area (Å²) >= 11 is 3.42. The first-order valence-electron chi connectivity index (χ1n) is 6.51. The summed E-state index contributed by atoms with van der Waals surface area (Å²) in [6.45, 7) is 4.53. The molecule has 1 aromatic carbocycles. The third-order valence-electron chi connectivity index (χ3n) is 2.71. The molecule has 0 atom stereocenters. The summed E-state index contributed by atoms with van der Waals surface area (Å²) in [6, 6.07) is 9.10. The molecule has 1 aromatic rings. The van der Waals surface area contributed by atoms with Crippen molar-refractivity contribution in [3.63, 3.8) is 0 Å². The van der Waals surface area contributed by atoms with Crippen LogP contribution in [-0.2, 0) is 12.8 Å². The van der Waals surface area contributed by atoms with E-state index in [0.717, 1.165) is 30.5 Å². The SMILES string of the molecule is CC(C)Cc1ccc(CCC=CCCBr)cc1. The quantitative estimate of drug-likeness (QED) is 0.481. The van der Waals surface area contributed by atoms with Crippen LogP contribution >= 0.6 is 15.9 Å². The maximum atomic E-state index is 3.42. The van der Waals surface area contributed by atoms with Crippen molar-refractivity contribution in [1.29, 1.82) is 0 Å². The van der Waals surface area contributed by atoms with E-state index in [1.807, 2.05) is 0 Å². The van der Waals surface area contributed by atoms with Crippen molar-refractivity contribution in [2.75, 3.05) is 5.33 Å². The van der Waals surface area contributed by atoms with Gasteiger partial charge in [-0.1, -0.05) is 66.2 Å². The van der Waals surface area contributed by atoms with E-state index in [-0.39, 0.29) is 0 Å². The van der Waals surface area contributed by atoms with Crippen LogP contribution in [0.5, 0.6) is 0 Å². The minimum atomic E-state index is 0.744. The standard InChI is InChI=1S/C16H23Br/c1-14(2)13-16-10-8-15(9-11-16)7-5-3-4-6-12-17/h3-4,8-11,14H,5-7,12-13H2,1-2H3. The summed E-state index contributed by atoms with van der Waals surface area (Å²) in [7, 11) is 0. The number of alkyl halides is 1. The number of hydrogen-bond acceptors (Lipinski definition) is 0. The predicted octanol–water partition coefficient (Wildman–Crippen LogP) is 5.16. The molecule has 0 aliphatic heterocycles. The molecule has 0 heterocycles. The Kier molecular flexibility index (Phi) is 7.27. The van der Waals surface area contributed by atoms with Gasteiger partial charge >= 0.3 is 0 Å². The van der Waals surface area contributed by atoms with E-state index in [0.29, 0.717) is 0 Å². The molecule has 0 N–H and O–H groups in total. The fraction of sp³-hybridized carbons (Fsp3) is 0.500. The molecule has 94 valence electrons. The topological polar surface area (TPSA) is 0 Å². The molecule has 0 amide bonds. The molecule has 0 saturated heterocycles. The summed E-state index contributed by atoms with van der Waals surface area (Å²) in [4.78, 5) is 0. The van der Waals surface area contributed by atoms with Crippen LogP contribution in [0.2, 0.25) is 0 Å². The second-order valence-electron chi connectivity index (χ2n) is 4.90. The third kappa shape index (κ3) is 6.68. The van der Waals surface area contributed by atoms with Crippen molar-refractivity contribution in [3.8, 4) is 0 Å². The average Bonchev–Trinajstić information content (AvgIpc) is 2.30. The summed E-state index contributed by atoms with van der Waals surface area (Å²) < 4.78 is 0. The van der Waals surface area contributed by atoms with Gasteiger partial charge in [0.25, 0.3) is 0 Å². The van der Waals surface area contributed by atoms with Gasteiger partial charge in [-0.2, -0.15) is 0 Å². The average molecular weight is 295 g/mol. The Hall–Kier alpha value is -0.560. The number of hydrogen-bond donors (Lipinski definition) is 0. The van der Waals surface area contributed by atoms with Crippen LogP contribution in [0.15, 0.2) is 36.4 Å². The van der Waals surface area contributed by atoms with Crippen molar-refractivity contribution in [1.82, 2.24) is 0 Å². The highest BCUT2D eigenvalue weighted by molar-refractivity contribution is 9.09. The Morgan fingerprint density at radius 3 is 2.18 bits per heavy atom. The van der Waals surface area contributed by atoms with Gasteiger partial charge in [-0.15, -0.1) is 0 Å². The Balaban J connectivity index is 2.35. The molecule has 0 bridgehead atoms. The van der Waals surface area contributed by atoms with Crippen molar-refractivity contribution < 1.29 is 0 Å². The fourth-order valence-electron chi connectivity index (χ4n) is 1.86. The maximum absolute atomic E-state index is 3.42. The van der Waals surface area contributed by atoms with E-state index in [1.165, 1.54) is 17.5 Å². The number of allylic oxidation sites excluding steroid dienone is 2. The number of rotatable bonds is 7. The fourth-order valence-corrected chi connectivity index (χ4v) is 2.13. The number of aryl methyl sites for hydroxylation is 1. The van der Waals surface area contributed by atoms with Crippen LogP contribution in [0, 0.1) is 5.92 Å².